The fourth-order valence-electron chi connectivity index (χ4n) is 3.24. The molecular formula is C27H19N3S3Zn. The summed E-state index contributed by atoms with van der Waals surface area (Å²) in [6.07, 6.45) is 5.30. The average molecular weight is 547 g/mol. The molecule has 3 aromatic carbocycles. The molecule has 3 heterocycles. The molecule has 0 aliphatic rings. The molecule has 0 fully saturated rings. The van der Waals surface area contributed by atoms with Crippen LogP contribution in [-0.4, -0.2) is 15.0 Å². The number of para-hydroxylation sites is 3. The van der Waals surface area contributed by atoms with Gasteiger partial charge in [0.15, 0.2) is 0 Å². The number of thiol groups is 1. The molecule has 0 radical (unpaired) electrons. The topological polar surface area (TPSA) is 38.7 Å². The van der Waals surface area contributed by atoms with Gasteiger partial charge in [0.1, 0.15) is 0 Å². The molecule has 7 heteroatoms. The van der Waals surface area contributed by atoms with Crippen molar-refractivity contribution in [1.29, 1.82) is 0 Å². The zero-order chi connectivity index (χ0) is 23.0. The van der Waals surface area contributed by atoms with Crippen molar-refractivity contribution < 1.29 is 19.5 Å². The number of pyridine rings is 3. The van der Waals surface area contributed by atoms with Crippen LogP contribution in [0.3, 0.4) is 0 Å². The van der Waals surface area contributed by atoms with E-state index in [1.807, 2.05) is 91.0 Å². The minimum absolute atomic E-state index is 0. The van der Waals surface area contributed by atoms with Gasteiger partial charge < -0.3 is 25.3 Å². The van der Waals surface area contributed by atoms with Gasteiger partial charge in [-0.15, -0.1) is 22.4 Å². The van der Waals surface area contributed by atoms with E-state index in [1.54, 1.807) is 18.6 Å². The second-order valence-electron chi connectivity index (χ2n) is 7.01. The van der Waals surface area contributed by atoms with Crippen molar-refractivity contribution in [3.63, 3.8) is 0 Å². The quantitative estimate of drug-likeness (QED) is 0.129. The summed E-state index contributed by atoms with van der Waals surface area (Å²) in [6.45, 7) is 0. The molecule has 0 saturated carbocycles. The normalized spacial score (nSPS) is 9.91. The van der Waals surface area contributed by atoms with Gasteiger partial charge in [-0.05, 0) is 35.0 Å². The van der Waals surface area contributed by atoms with Crippen molar-refractivity contribution >= 4 is 70.6 Å². The average Bonchev–Trinajstić information content (AvgIpc) is 2.86. The predicted octanol–water partition coefficient (Wildman–Crippen LogP) is 6.80. The van der Waals surface area contributed by atoms with Crippen LogP contribution < -0.4 is 0 Å². The molecule has 0 amide bonds. The largest absolute Gasteiger partial charge is 2.00 e. The van der Waals surface area contributed by atoms with Gasteiger partial charge in [0.2, 0.25) is 0 Å². The Morgan fingerprint density at radius 1 is 0.471 bits per heavy atom. The molecule has 0 N–H and O–H groups in total. The Morgan fingerprint density at radius 2 is 0.824 bits per heavy atom. The molecular weight excluding hydrogens is 528 g/mol. The second-order valence-corrected chi connectivity index (χ2v) is 8.38. The van der Waals surface area contributed by atoms with Crippen LogP contribution in [0, 0.1) is 0 Å². The molecule has 0 saturated heterocycles. The third-order valence-corrected chi connectivity index (χ3v) is 5.82. The molecule has 6 rings (SSSR count). The summed E-state index contributed by atoms with van der Waals surface area (Å²) in [5, 5.41) is 3.36. The van der Waals surface area contributed by atoms with E-state index < -0.39 is 0 Å². The summed E-state index contributed by atoms with van der Waals surface area (Å²) >= 11 is 14.5. The van der Waals surface area contributed by atoms with E-state index in [1.165, 1.54) is 0 Å². The van der Waals surface area contributed by atoms with Gasteiger partial charge in [0.25, 0.3) is 0 Å². The van der Waals surface area contributed by atoms with E-state index >= 15 is 0 Å². The van der Waals surface area contributed by atoms with Crippen molar-refractivity contribution in [2.45, 2.75) is 14.7 Å². The Hall–Kier alpha value is -2.70. The van der Waals surface area contributed by atoms with Gasteiger partial charge in [-0.25, -0.2) is 0 Å². The molecule has 3 aromatic heterocycles. The summed E-state index contributed by atoms with van der Waals surface area (Å²) in [6, 6.07) is 29.5. The molecule has 0 spiro atoms. The first-order chi connectivity index (χ1) is 16.1. The van der Waals surface area contributed by atoms with Crippen LogP contribution in [0.2, 0.25) is 0 Å². The van der Waals surface area contributed by atoms with Crippen molar-refractivity contribution in [1.82, 2.24) is 15.0 Å². The predicted molar refractivity (Wildman–Crippen MR) is 144 cm³/mol. The maximum absolute atomic E-state index is 5.09. The van der Waals surface area contributed by atoms with E-state index in [4.69, 9.17) is 25.3 Å². The van der Waals surface area contributed by atoms with Gasteiger partial charge in [-0.1, -0.05) is 66.7 Å². The first kappa shape index (κ1) is 25.9. The molecule has 0 bridgehead atoms. The number of fused-ring (bicyclic) bond motifs is 3. The van der Waals surface area contributed by atoms with E-state index in [-0.39, 0.29) is 19.5 Å². The third-order valence-electron chi connectivity index (χ3n) is 4.80. The molecule has 6 aromatic rings. The Bertz CT molecular complexity index is 1330. The van der Waals surface area contributed by atoms with E-state index in [0.717, 1.165) is 47.4 Å². The number of hydrogen-bond acceptors (Lipinski definition) is 6. The van der Waals surface area contributed by atoms with Gasteiger partial charge in [-0.3, -0.25) is 15.0 Å². The number of rotatable bonds is 0. The third kappa shape index (κ3) is 6.46. The minimum Gasteiger partial charge on any atom is -0.778 e. The van der Waals surface area contributed by atoms with Crippen LogP contribution in [0.4, 0.5) is 0 Å². The Kier molecular flexibility index (Phi) is 9.66. The van der Waals surface area contributed by atoms with E-state index in [9.17, 15) is 0 Å². The van der Waals surface area contributed by atoms with E-state index in [0.29, 0.717) is 0 Å². The fourth-order valence-corrected chi connectivity index (χ4v) is 4.01. The number of nitrogens with zero attached hydrogens (tertiary/aromatic N) is 3. The van der Waals surface area contributed by atoms with Crippen molar-refractivity contribution in [2.24, 2.45) is 0 Å². The zero-order valence-corrected chi connectivity index (χ0v) is 23.7. The summed E-state index contributed by atoms with van der Waals surface area (Å²) in [5.41, 5.74) is 2.81. The van der Waals surface area contributed by atoms with Crippen LogP contribution in [0.25, 0.3) is 32.7 Å². The van der Waals surface area contributed by atoms with Crippen LogP contribution in [0.15, 0.2) is 124 Å². The fraction of sp³-hybridized carbons (Fsp3) is 0. The Morgan fingerprint density at radius 3 is 1.24 bits per heavy atom. The molecule has 162 valence electrons. The zero-order valence-electron chi connectivity index (χ0n) is 18.2. The van der Waals surface area contributed by atoms with Crippen LogP contribution in [0.5, 0.6) is 0 Å². The second kappa shape index (κ2) is 12.7. The van der Waals surface area contributed by atoms with Gasteiger partial charge >= 0.3 is 19.5 Å². The first-order valence-corrected chi connectivity index (χ1v) is 11.4. The molecule has 34 heavy (non-hydrogen) atoms. The van der Waals surface area contributed by atoms with Gasteiger partial charge in [-0.2, -0.15) is 0 Å². The van der Waals surface area contributed by atoms with Crippen LogP contribution in [-0.2, 0) is 44.7 Å². The van der Waals surface area contributed by atoms with Crippen molar-refractivity contribution in [3.8, 4) is 0 Å². The number of aromatic nitrogens is 3. The summed E-state index contributed by atoms with van der Waals surface area (Å²) in [7, 11) is 0. The maximum atomic E-state index is 5.09. The molecule has 3 nitrogen and oxygen atoms in total. The van der Waals surface area contributed by atoms with Crippen molar-refractivity contribution in [2.75, 3.05) is 0 Å². The van der Waals surface area contributed by atoms with E-state index in [2.05, 4.69) is 27.6 Å². The molecule has 0 aliphatic heterocycles. The smallest absolute Gasteiger partial charge is 0.778 e. The molecule has 0 aliphatic carbocycles. The Labute approximate surface area is 228 Å². The van der Waals surface area contributed by atoms with Gasteiger partial charge in [0, 0.05) is 28.9 Å². The monoisotopic (exact) mass is 545 g/mol. The summed E-state index contributed by atoms with van der Waals surface area (Å²) < 4.78 is 0. The number of benzene rings is 3. The minimum atomic E-state index is 0. The van der Waals surface area contributed by atoms with Crippen LogP contribution >= 0.6 is 12.6 Å². The summed E-state index contributed by atoms with van der Waals surface area (Å²) in [4.78, 5) is 15.1. The molecule has 0 unspecified atom stereocenters. The number of hydrogen-bond donors (Lipinski definition) is 1. The molecule has 0 atom stereocenters. The maximum Gasteiger partial charge on any atom is 2.00 e. The first-order valence-electron chi connectivity index (χ1n) is 10.2. The van der Waals surface area contributed by atoms with Crippen LogP contribution in [0.1, 0.15) is 0 Å². The van der Waals surface area contributed by atoms with Crippen molar-refractivity contribution in [3.05, 3.63) is 110 Å². The van der Waals surface area contributed by atoms with Gasteiger partial charge in [0.05, 0.1) is 16.6 Å². The Balaban J connectivity index is 0.000000141. The summed E-state index contributed by atoms with van der Waals surface area (Å²) in [5.74, 6) is 0. The standard InChI is InChI=1S/3C9H7NS.Zn/c3*11-8-5-1-3-7-4-2-6-10-9(7)8;/h3*1-6,11H;/q;;;+2/p-2. The SMILES string of the molecule is Sc1cccc2cccnc12.[S-]c1cccc2cccnc12.[S-]c1cccc2cccnc12.[Zn+2].